The summed E-state index contributed by atoms with van der Waals surface area (Å²) in [5.74, 6) is 0. The molecule has 2 aromatic carbocycles. The molecular weight excluding hydrogens is 263 g/mol. The number of fused-ring (bicyclic) bond motifs is 6. The molecule has 0 unspecified atom stereocenters. The fourth-order valence-corrected chi connectivity index (χ4v) is 3.34. The minimum Gasteiger partial charge on any atom is -0.329 e. The normalized spacial score (nSPS) is 11.6. The highest BCUT2D eigenvalue weighted by atomic mass is 32.1. The van der Waals surface area contributed by atoms with E-state index in [1.807, 2.05) is 24.3 Å². The van der Waals surface area contributed by atoms with E-state index in [1.54, 1.807) is 12.3 Å². The third-order valence-electron chi connectivity index (χ3n) is 3.26. The lowest BCUT2D eigenvalue weighted by molar-refractivity contribution is 0.620. The third-order valence-corrected chi connectivity index (χ3v) is 4.14. The fraction of sp³-hybridized carbons (Fsp3) is 0. The van der Waals surface area contributed by atoms with E-state index in [2.05, 4.69) is 9.97 Å². The van der Waals surface area contributed by atoms with Gasteiger partial charge in [-0.2, -0.15) is 4.39 Å². The molecule has 2 heterocycles. The van der Waals surface area contributed by atoms with Crippen molar-refractivity contribution in [2.45, 2.75) is 0 Å². The average molecular weight is 270 g/mol. The molecule has 0 saturated heterocycles. The van der Waals surface area contributed by atoms with E-state index in [-0.39, 0.29) is 5.56 Å². The summed E-state index contributed by atoms with van der Waals surface area (Å²) < 4.78 is 14.2. The number of thiazole rings is 1. The topological polar surface area (TPSA) is 45.8 Å². The minimum absolute atomic E-state index is 0.163. The highest BCUT2D eigenvalue weighted by molar-refractivity contribution is 7.18. The molecule has 0 atom stereocenters. The molecule has 4 aromatic rings. The number of halogens is 1. The zero-order chi connectivity index (χ0) is 13.0. The molecule has 19 heavy (non-hydrogen) atoms. The predicted molar refractivity (Wildman–Crippen MR) is 75.2 cm³/mol. The second kappa shape index (κ2) is 3.61. The lowest BCUT2D eigenvalue weighted by Gasteiger charge is -2.04. The smallest absolute Gasteiger partial charge is 0.270 e. The van der Waals surface area contributed by atoms with E-state index in [0.29, 0.717) is 10.9 Å². The maximum Gasteiger partial charge on any atom is 0.270 e. The Kier molecular flexibility index (Phi) is 2.02. The number of hydrogen-bond acceptors (Lipinski definition) is 3. The largest absolute Gasteiger partial charge is 0.329 e. The van der Waals surface area contributed by atoms with Gasteiger partial charge in [-0.1, -0.05) is 35.6 Å². The van der Waals surface area contributed by atoms with Gasteiger partial charge in [-0.3, -0.25) is 4.79 Å². The molecule has 3 nitrogen and oxygen atoms in total. The summed E-state index contributed by atoms with van der Waals surface area (Å²) >= 11 is 0.975. The van der Waals surface area contributed by atoms with Crippen molar-refractivity contribution in [3.63, 3.8) is 0 Å². The molecule has 0 fully saturated rings. The van der Waals surface area contributed by atoms with Crippen molar-refractivity contribution >= 4 is 43.1 Å². The molecule has 2 aromatic heterocycles. The van der Waals surface area contributed by atoms with Crippen LogP contribution in [0.15, 0.2) is 41.3 Å². The summed E-state index contributed by atoms with van der Waals surface area (Å²) in [4.78, 5) is 18.7. The molecular formula is C14H7FN2OS. The zero-order valence-corrected chi connectivity index (χ0v) is 10.4. The van der Waals surface area contributed by atoms with Crippen molar-refractivity contribution in [2.75, 3.05) is 0 Å². The van der Waals surface area contributed by atoms with Crippen molar-refractivity contribution in [1.82, 2.24) is 9.97 Å². The number of benzene rings is 2. The number of nitrogens with one attached hydrogen (secondary N) is 1. The molecule has 5 heteroatoms. The van der Waals surface area contributed by atoms with Gasteiger partial charge in [0, 0.05) is 17.0 Å². The Hall–Kier alpha value is -2.27. The lowest BCUT2D eigenvalue weighted by atomic mass is 10.0. The first-order valence-electron chi connectivity index (χ1n) is 5.74. The summed E-state index contributed by atoms with van der Waals surface area (Å²) in [5, 5.41) is 2.47. The van der Waals surface area contributed by atoms with Crippen molar-refractivity contribution in [3.8, 4) is 0 Å². The van der Waals surface area contributed by atoms with Crippen molar-refractivity contribution < 1.29 is 4.39 Å². The van der Waals surface area contributed by atoms with E-state index < -0.39 is 5.26 Å². The monoisotopic (exact) mass is 270 g/mol. The third kappa shape index (κ3) is 1.36. The Morgan fingerprint density at radius 1 is 1.11 bits per heavy atom. The van der Waals surface area contributed by atoms with Gasteiger partial charge in [0.15, 0.2) is 0 Å². The number of nitrogens with zero attached hydrogens (tertiary/aromatic N) is 1. The molecule has 0 aliphatic heterocycles. The van der Waals surface area contributed by atoms with Gasteiger partial charge in [0.2, 0.25) is 0 Å². The molecule has 92 valence electrons. The van der Waals surface area contributed by atoms with E-state index >= 15 is 0 Å². The maximum atomic E-state index is 13.5. The van der Waals surface area contributed by atoms with E-state index in [9.17, 15) is 9.18 Å². The Morgan fingerprint density at radius 2 is 1.89 bits per heavy atom. The highest BCUT2D eigenvalue weighted by Crippen LogP contribution is 2.35. The molecule has 0 saturated carbocycles. The molecule has 0 bridgehead atoms. The van der Waals surface area contributed by atoms with Gasteiger partial charge in [0.25, 0.3) is 10.8 Å². The van der Waals surface area contributed by atoms with Gasteiger partial charge < -0.3 is 4.98 Å². The molecule has 0 amide bonds. The molecule has 4 rings (SSSR count). The average Bonchev–Trinajstić information content (AvgIpc) is 2.81. The van der Waals surface area contributed by atoms with Gasteiger partial charge in [-0.25, -0.2) is 4.98 Å². The van der Waals surface area contributed by atoms with Crippen LogP contribution in [0.1, 0.15) is 0 Å². The fourth-order valence-electron chi connectivity index (χ4n) is 2.50. The summed E-state index contributed by atoms with van der Waals surface area (Å²) in [6.07, 6.45) is 1.58. The van der Waals surface area contributed by atoms with E-state index in [4.69, 9.17) is 0 Å². The SMILES string of the molecule is O=c1[nH]ccc2c3sc(F)nc3c3ccccc3c12. The molecule has 1 N–H and O–H groups in total. The summed E-state index contributed by atoms with van der Waals surface area (Å²) in [6.45, 7) is 0. The Labute approximate surface area is 110 Å². The Bertz CT molecular complexity index is 1000. The van der Waals surface area contributed by atoms with Crippen LogP contribution in [0.5, 0.6) is 0 Å². The van der Waals surface area contributed by atoms with Crippen LogP contribution in [0.2, 0.25) is 0 Å². The van der Waals surface area contributed by atoms with Crippen LogP contribution in [0.25, 0.3) is 31.8 Å². The van der Waals surface area contributed by atoms with Crippen LogP contribution in [0, 0.1) is 5.26 Å². The second-order valence-electron chi connectivity index (χ2n) is 4.29. The molecule has 0 aliphatic rings. The second-order valence-corrected chi connectivity index (χ2v) is 5.23. The Morgan fingerprint density at radius 3 is 2.74 bits per heavy atom. The lowest BCUT2D eigenvalue weighted by Crippen LogP contribution is -2.05. The molecule has 0 radical (unpaired) electrons. The van der Waals surface area contributed by atoms with Crippen molar-refractivity contribution in [1.29, 1.82) is 0 Å². The van der Waals surface area contributed by atoms with E-state index in [0.717, 1.165) is 32.2 Å². The van der Waals surface area contributed by atoms with Crippen LogP contribution in [0.4, 0.5) is 4.39 Å². The first kappa shape index (κ1) is 10.6. The molecule has 0 spiro atoms. The van der Waals surface area contributed by atoms with Gasteiger partial charge in [-0.05, 0) is 11.5 Å². The summed E-state index contributed by atoms with van der Waals surface area (Å²) in [7, 11) is 0. The number of rotatable bonds is 0. The van der Waals surface area contributed by atoms with Crippen molar-refractivity contribution in [2.24, 2.45) is 0 Å². The number of hydrogen-bond donors (Lipinski definition) is 1. The summed E-state index contributed by atoms with van der Waals surface area (Å²) in [6, 6.07) is 9.25. The number of aromatic amines is 1. The number of aromatic nitrogens is 2. The zero-order valence-electron chi connectivity index (χ0n) is 9.61. The standard InChI is InChI=1S/C14H7FN2OS/c15-14-17-11-8-4-2-1-3-7(8)10-9(12(11)19-14)5-6-16-13(10)18/h1-6H,(H,16,18). The van der Waals surface area contributed by atoms with Crippen LogP contribution in [-0.4, -0.2) is 9.97 Å². The van der Waals surface area contributed by atoms with Crippen LogP contribution >= 0.6 is 11.3 Å². The maximum absolute atomic E-state index is 13.5. The first-order valence-corrected chi connectivity index (χ1v) is 6.55. The van der Waals surface area contributed by atoms with Gasteiger partial charge >= 0.3 is 0 Å². The first-order chi connectivity index (χ1) is 9.25. The minimum atomic E-state index is -0.479. The van der Waals surface area contributed by atoms with E-state index in [1.165, 1.54) is 0 Å². The van der Waals surface area contributed by atoms with Gasteiger partial charge in [-0.15, -0.1) is 0 Å². The Balaban J connectivity index is 2.51. The van der Waals surface area contributed by atoms with Gasteiger partial charge in [0.1, 0.15) is 0 Å². The highest BCUT2D eigenvalue weighted by Gasteiger charge is 2.14. The summed E-state index contributed by atoms with van der Waals surface area (Å²) in [5.41, 5.74) is 0.459. The molecule has 0 aliphatic carbocycles. The van der Waals surface area contributed by atoms with Crippen LogP contribution in [0.3, 0.4) is 0 Å². The van der Waals surface area contributed by atoms with Gasteiger partial charge in [0.05, 0.1) is 15.6 Å². The van der Waals surface area contributed by atoms with Crippen molar-refractivity contribution in [3.05, 3.63) is 52.1 Å². The quantitative estimate of drug-likeness (QED) is 0.497. The number of pyridine rings is 1. The number of H-pyrrole nitrogens is 1. The van der Waals surface area contributed by atoms with Crippen LogP contribution < -0.4 is 5.56 Å². The van der Waals surface area contributed by atoms with Crippen LogP contribution in [-0.2, 0) is 0 Å². The predicted octanol–water partition coefficient (Wildman–Crippen LogP) is 3.43.